The van der Waals surface area contributed by atoms with Crippen LogP contribution in [0.5, 0.6) is 0 Å². The molecule has 3 heterocycles. The van der Waals surface area contributed by atoms with Gasteiger partial charge in [0.05, 0.1) is 5.41 Å². The molecule has 2 saturated heterocycles. The summed E-state index contributed by atoms with van der Waals surface area (Å²) < 4.78 is 0. The first-order valence-corrected chi connectivity index (χ1v) is 15.9. The second kappa shape index (κ2) is 10.3. The lowest BCUT2D eigenvalue weighted by Crippen LogP contribution is -2.71. The predicted molar refractivity (Wildman–Crippen MR) is 161 cm³/mol. The molecule has 2 aromatic carbocycles. The van der Waals surface area contributed by atoms with Crippen LogP contribution in [0.1, 0.15) is 43.4 Å². The lowest BCUT2D eigenvalue weighted by atomic mass is 9.68. The van der Waals surface area contributed by atoms with Gasteiger partial charge in [-0.3, -0.25) is 24.1 Å². The topological polar surface area (TPSA) is 107 Å². The molecular weight excluding hydrogens is 558 g/mol. The summed E-state index contributed by atoms with van der Waals surface area (Å²) in [4.78, 5) is 54.1. The molecular formula is C31H33N3O5S2. The minimum absolute atomic E-state index is 0.0132. The van der Waals surface area contributed by atoms with E-state index >= 15 is 0 Å². The maximum Gasteiger partial charge on any atom is 0.263 e. The van der Waals surface area contributed by atoms with Gasteiger partial charge in [0, 0.05) is 37.1 Å². The van der Waals surface area contributed by atoms with Gasteiger partial charge in [-0.25, -0.2) is 0 Å². The van der Waals surface area contributed by atoms with Crippen LogP contribution in [0.4, 0.5) is 5.69 Å². The number of hydrogen-bond donors (Lipinski definition) is 2. The molecule has 2 amide bonds. The third-order valence-electron chi connectivity index (χ3n) is 8.73. The Balaban J connectivity index is 1.55. The van der Waals surface area contributed by atoms with E-state index in [-0.39, 0.29) is 35.6 Å². The van der Waals surface area contributed by atoms with Gasteiger partial charge in [-0.05, 0) is 48.6 Å². The molecule has 0 aromatic heterocycles. The van der Waals surface area contributed by atoms with Gasteiger partial charge < -0.3 is 15.3 Å². The van der Waals surface area contributed by atoms with E-state index in [1.807, 2.05) is 42.5 Å². The predicted octanol–water partition coefficient (Wildman–Crippen LogP) is 3.44. The van der Waals surface area contributed by atoms with Gasteiger partial charge in [-0.1, -0.05) is 48.5 Å². The molecule has 2 fully saturated rings. The van der Waals surface area contributed by atoms with Crippen LogP contribution in [-0.4, -0.2) is 79.4 Å². The average Bonchev–Trinajstić information content (AvgIpc) is 3.57. The van der Waals surface area contributed by atoms with Crippen molar-refractivity contribution in [2.24, 2.45) is 0 Å². The number of nitrogens with one attached hydrogen (secondary N) is 1. The van der Waals surface area contributed by atoms with Crippen molar-refractivity contribution in [2.45, 2.75) is 61.0 Å². The summed E-state index contributed by atoms with van der Waals surface area (Å²) in [6.07, 6.45) is 1.26. The van der Waals surface area contributed by atoms with E-state index in [0.717, 1.165) is 28.0 Å². The molecule has 4 aliphatic rings. The maximum absolute atomic E-state index is 14.6. The fourth-order valence-corrected chi connectivity index (χ4v) is 9.75. The highest BCUT2D eigenvalue weighted by Crippen LogP contribution is 2.65. The maximum atomic E-state index is 14.6. The highest BCUT2D eigenvalue weighted by molar-refractivity contribution is 8.01. The molecule has 0 unspecified atom stereocenters. The molecule has 2 aromatic rings. The Morgan fingerprint density at radius 2 is 1.71 bits per heavy atom. The Morgan fingerprint density at radius 1 is 1.02 bits per heavy atom. The molecule has 8 nitrogen and oxygen atoms in total. The molecule has 1 aliphatic carbocycles. The molecule has 0 radical (unpaired) electrons. The molecule has 6 rings (SSSR count). The largest absolute Gasteiger partial charge is 0.388 e. The number of fused-ring (bicyclic) bond motifs is 6. The van der Waals surface area contributed by atoms with Crippen molar-refractivity contribution in [3.63, 3.8) is 0 Å². The Morgan fingerprint density at radius 3 is 2.46 bits per heavy atom. The molecule has 3 aliphatic heterocycles. The van der Waals surface area contributed by atoms with Gasteiger partial charge in [0.2, 0.25) is 0 Å². The summed E-state index contributed by atoms with van der Waals surface area (Å²) in [7, 11) is 1.59. The minimum atomic E-state index is -1.65. The monoisotopic (exact) mass is 591 g/mol. The zero-order valence-corrected chi connectivity index (χ0v) is 24.9. The third kappa shape index (κ3) is 3.94. The summed E-state index contributed by atoms with van der Waals surface area (Å²) in [6, 6.07) is 15.8. The number of para-hydroxylation sites is 1. The van der Waals surface area contributed by atoms with E-state index in [4.69, 9.17) is 0 Å². The van der Waals surface area contributed by atoms with E-state index in [0.29, 0.717) is 18.6 Å². The van der Waals surface area contributed by atoms with Crippen LogP contribution in [0.25, 0.3) is 5.57 Å². The lowest BCUT2D eigenvalue weighted by Gasteiger charge is -2.49. The van der Waals surface area contributed by atoms with Crippen LogP contribution >= 0.6 is 23.5 Å². The number of hydrogen-bond acceptors (Lipinski definition) is 8. The van der Waals surface area contributed by atoms with E-state index in [1.165, 1.54) is 42.3 Å². The highest BCUT2D eigenvalue weighted by Gasteiger charge is 2.78. The normalized spacial score (nSPS) is 29.5. The number of aliphatic hydroxyl groups excluding tert-OH is 1. The van der Waals surface area contributed by atoms with Gasteiger partial charge in [0.1, 0.15) is 23.8 Å². The van der Waals surface area contributed by atoms with E-state index in [2.05, 4.69) is 17.5 Å². The van der Waals surface area contributed by atoms with Gasteiger partial charge in [-0.2, -0.15) is 0 Å². The van der Waals surface area contributed by atoms with Crippen LogP contribution in [0, 0.1) is 0 Å². The number of benzene rings is 2. The van der Waals surface area contributed by atoms with Gasteiger partial charge >= 0.3 is 0 Å². The van der Waals surface area contributed by atoms with Crippen molar-refractivity contribution < 1.29 is 24.3 Å². The first-order valence-electron chi connectivity index (χ1n) is 13.8. The number of nitrogens with zero attached hydrogens (tertiary/aromatic N) is 2. The van der Waals surface area contributed by atoms with Crippen molar-refractivity contribution in [3.8, 4) is 0 Å². The molecule has 0 saturated carbocycles. The number of aliphatic hydroxyl groups is 1. The number of Topliss-reactive ketones (excluding diaryl/α,β-unsaturated/α-hetero) is 2. The van der Waals surface area contributed by atoms with Crippen LogP contribution in [0.15, 0.2) is 54.6 Å². The second-order valence-electron chi connectivity index (χ2n) is 11.1. The second-order valence-corrected chi connectivity index (χ2v) is 13.6. The summed E-state index contributed by atoms with van der Waals surface area (Å²) >= 11 is 2.45. The first-order chi connectivity index (χ1) is 19.7. The number of carbonyl (C=O) groups is 4. The zero-order chi connectivity index (χ0) is 29.1. The molecule has 214 valence electrons. The van der Waals surface area contributed by atoms with Crippen LogP contribution in [0.3, 0.4) is 0 Å². The fraction of sp³-hybridized carbons (Fsp3) is 0.419. The summed E-state index contributed by atoms with van der Waals surface area (Å²) in [5.41, 5.74) is 3.54. The highest BCUT2D eigenvalue weighted by atomic mass is 32.2. The number of carbonyl (C=O) groups excluding carboxylic acids is 4. The third-order valence-corrected chi connectivity index (χ3v) is 11.4. The van der Waals surface area contributed by atoms with Crippen molar-refractivity contribution in [1.29, 1.82) is 0 Å². The molecule has 0 spiro atoms. The van der Waals surface area contributed by atoms with Crippen molar-refractivity contribution in [3.05, 3.63) is 71.3 Å². The van der Waals surface area contributed by atoms with Gasteiger partial charge in [0.15, 0.2) is 10.2 Å². The van der Waals surface area contributed by atoms with Crippen LogP contribution in [-0.2, 0) is 31.0 Å². The first kappa shape index (κ1) is 28.1. The average molecular weight is 592 g/mol. The van der Waals surface area contributed by atoms with Gasteiger partial charge in [-0.15, -0.1) is 23.5 Å². The standard InChI is InChI=1S/C31H33N3O5S2/c1-18(35)14-16-40-26-25(37)34-28-30(23-10-6-7-11-24(23)32-28,22-13-12-20-8-4-5-9-21(20)22)27(38)31(34,29(39)33(26)3)41-17-15-19(2)36/h4-11,13,26-28,32,38H,12,14-17H2,1-3H3/t26-,27-,28+,30-,31-/m0/s1. The Labute approximate surface area is 247 Å². The van der Waals surface area contributed by atoms with Crippen molar-refractivity contribution in [2.75, 3.05) is 23.9 Å². The van der Waals surface area contributed by atoms with Crippen molar-refractivity contribution >= 4 is 58.2 Å². The fourth-order valence-electron chi connectivity index (χ4n) is 6.90. The number of anilines is 1. The number of thioether (sulfide) groups is 2. The van der Waals surface area contributed by atoms with Crippen LogP contribution in [0.2, 0.25) is 0 Å². The number of amides is 2. The number of ketones is 2. The lowest BCUT2D eigenvalue weighted by molar-refractivity contribution is -0.160. The number of piperazine rings is 1. The summed E-state index contributed by atoms with van der Waals surface area (Å²) in [5.74, 6) is -0.0180. The number of rotatable bonds is 9. The smallest absolute Gasteiger partial charge is 0.263 e. The zero-order valence-electron chi connectivity index (χ0n) is 23.3. The van der Waals surface area contributed by atoms with Crippen molar-refractivity contribution in [1.82, 2.24) is 9.80 Å². The van der Waals surface area contributed by atoms with E-state index < -0.39 is 27.9 Å². The SMILES string of the molecule is CC(=O)CCS[C@H]1C(=O)N2[C@H]3Nc4ccccc4[C@@]3(C3=CCc4ccccc43)[C@H](O)[C@]2(SCCC(C)=O)C(=O)N1C. The molecule has 41 heavy (non-hydrogen) atoms. The summed E-state index contributed by atoms with van der Waals surface area (Å²) in [6.45, 7) is 3.00. The van der Waals surface area contributed by atoms with E-state index in [1.54, 1.807) is 11.9 Å². The van der Waals surface area contributed by atoms with Crippen LogP contribution < -0.4 is 5.32 Å². The Bertz CT molecular complexity index is 1490. The molecule has 0 bridgehead atoms. The molecule has 10 heteroatoms. The molecule has 2 N–H and O–H groups in total. The summed E-state index contributed by atoms with van der Waals surface area (Å²) in [5, 5.41) is 15.5. The Kier molecular flexibility index (Phi) is 7.07. The molecule has 5 atom stereocenters. The number of likely N-dealkylation sites (N-methyl/N-ethyl adjacent to an activating group) is 1. The quantitative estimate of drug-likeness (QED) is 0.457. The minimum Gasteiger partial charge on any atom is -0.388 e. The van der Waals surface area contributed by atoms with Gasteiger partial charge in [0.25, 0.3) is 11.8 Å². The number of allylic oxidation sites excluding steroid dienone is 1. The Hall–Kier alpha value is -3.08. The van der Waals surface area contributed by atoms with E-state index in [9.17, 15) is 24.3 Å².